The van der Waals surface area contributed by atoms with Crippen molar-refractivity contribution in [3.05, 3.63) is 29.3 Å². The van der Waals surface area contributed by atoms with Gasteiger partial charge in [0.05, 0.1) is 12.2 Å². The minimum Gasteiger partial charge on any atom is -0.465 e. The summed E-state index contributed by atoms with van der Waals surface area (Å²) >= 11 is 0. The van der Waals surface area contributed by atoms with E-state index in [0.717, 1.165) is 11.6 Å². The number of benzene rings is 1. The molecular formula is C16H18F3NO6S. The lowest BCUT2D eigenvalue weighted by atomic mass is 9.77. The number of fused-ring (bicyclic) bond motifs is 2. The number of carbonyl (C=O) groups is 1. The smallest absolute Gasteiger partial charge is 0.465 e. The predicted molar refractivity (Wildman–Crippen MR) is 86.8 cm³/mol. The van der Waals surface area contributed by atoms with Crippen molar-refractivity contribution in [2.24, 2.45) is 0 Å². The highest BCUT2D eigenvalue weighted by Gasteiger charge is 2.49. The minimum absolute atomic E-state index is 0.261. The van der Waals surface area contributed by atoms with Crippen LogP contribution in [0.3, 0.4) is 0 Å². The van der Waals surface area contributed by atoms with E-state index < -0.39 is 33.1 Å². The van der Waals surface area contributed by atoms with Crippen LogP contribution in [0.2, 0.25) is 0 Å². The van der Waals surface area contributed by atoms with Gasteiger partial charge in [0.1, 0.15) is 5.75 Å². The number of piperidine rings is 1. The number of alkyl halides is 3. The van der Waals surface area contributed by atoms with Crippen LogP contribution in [0.1, 0.15) is 30.9 Å². The molecule has 1 N–H and O–H groups in total. The molecule has 0 saturated carbocycles. The van der Waals surface area contributed by atoms with Gasteiger partial charge in [-0.1, -0.05) is 6.07 Å². The van der Waals surface area contributed by atoms with E-state index in [-0.39, 0.29) is 12.6 Å². The summed E-state index contributed by atoms with van der Waals surface area (Å²) in [6.07, 6.45) is 0.164. The quantitative estimate of drug-likeness (QED) is 0.597. The van der Waals surface area contributed by atoms with Crippen molar-refractivity contribution < 1.29 is 40.4 Å². The van der Waals surface area contributed by atoms with Gasteiger partial charge in [0.15, 0.2) is 0 Å². The summed E-state index contributed by atoms with van der Waals surface area (Å²) in [5.41, 5.74) is -4.90. The van der Waals surface area contributed by atoms with Gasteiger partial charge in [-0.05, 0) is 43.0 Å². The molecule has 1 unspecified atom stereocenters. The molecule has 1 amide bonds. The number of hydrogen-bond donors (Lipinski definition) is 1. The first-order valence-electron chi connectivity index (χ1n) is 8.23. The van der Waals surface area contributed by atoms with E-state index in [2.05, 4.69) is 4.18 Å². The summed E-state index contributed by atoms with van der Waals surface area (Å²) in [5.74, 6) is -0.417. The van der Waals surface area contributed by atoms with Gasteiger partial charge in [-0.15, -0.1) is 0 Å². The van der Waals surface area contributed by atoms with Gasteiger partial charge in [-0.3, -0.25) is 0 Å². The lowest BCUT2D eigenvalue weighted by molar-refractivity contribution is -0.106. The van der Waals surface area contributed by atoms with Crippen molar-refractivity contribution in [3.63, 3.8) is 0 Å². The Bertz CT molecular complexity index is 856. The largest absolute Gasteiger partial charge is 0.534 e. The second kappa shape index (κ2) is 6.55. The number of carboxylic acid groups (broad SMARTS) is 1. The van der Waals surface area contributed by atoms with Crippen molar-refractivity contribution in [1.29, 1.82) is 0 Å². The Labute approximate surface area is 153 Å². The molecule has 7 nitrogen and oxygen atoms in total. The summed E-state index contributed by atoms with van der Waals surface area (Å²) in [6.45, 7) is 2.32. The summed E-state index contributed by atoms with van der Waals surface area (Å²) in [5, 5.41) is 9.22. The number of hydrogen-bond acceptors (Lipinski definition) is 5. The van der Waals surface area contributed by atoms with Gasteiger partial charge in [-0.2, -0.15) is 21.6 Å². The molecule has 0 aliphatic carbocycles. The zero-order chi connectivity index (χ0) is 20.0. The molecule has 1 aromatic carbocycles. The molecule has 27 heavy (non-hydrogen) atoms. The van der Waals surface area contributed by atoms with Gasteiger partial charge in [-0.25, -0.2) is 4.79 Å². The Morgan fingerprint density at radius 1 is 1.41 bits per heavy atom. The highest BCUT2D eigenvalue weighted by atomic mass is 32.2. The van der Waals surface area contributed by atoms with E-state index in [4.69, 9.17) is 4.74 Å². The second-order valence-electron chi connectivity index (χ2n) is 6.67. The van der Waals surface area contributed by atoms with Gasteiger partial charge in [0.2, 0.25) is 0 Å². The molecule has 2 heterocycles. The Hall–Kier alpha value is -2.01. The first kappa shape index (κ1) is 19.7. The van der Waals surface area contributed by atoms with Crippen LogP contribution >= 0.6 is 0 Å². The van der Waals surface area contributed by atoms with Crippen LogP contribution in [0.5, 0.6) is 5.75 Å². The maximum atomic E-state index is 12.5. The van der Waals surface area contributed by atoms with Crippen molar-refractivity contribution in [1.82, 2.24) is 4.90 Å². The third-order valence-electron chi connectivity index (χ3n) is 4.97. The number of amides is 1. The molecule has 1 fully saturated rings. The molecule has 11 heteroatoms. The fourth-order valence-electron chi connectivity index (χ4n) is 3.75. The number of ether oxygens (including phenoxy) is 1. The van der Waals surface area contributed by atoms with Crippen molar-refractivity contribution >= 4 is 16.2 Å². The predicted octanol–water partition coefficient (Wildman–Crippen LogP) is 2.85. The molecule has 0 bridgehead atoms. The van der Waals surface area contributed by atoms with E-state index in [9.17, 15) is 31.5 Å². The molecule has 1 spiro atoms. The number of rotatable bonds is 2. The summed E-state index contributed by atoms with van der Waals surface area (Å²) < 4.78 is 70.1. The average molecular weight is 409 g/mol. The van der Waals surface area contributed by atoms with Crippen molar-refractivity contribution in [2.45, 2.75) is 43.3 Å². The lowest BCUT2D eigenvalue weighted by Crippen LogP contribution is -2.52. The van der Waals surface area contributed by atoms with Crippen LogP contribution in [0.25, 0.3) is 0 Å². The number of halogens is 3. The summed E-state index contributed by atoms with van der Waals surface area (Å²) in [7, 11) is -5.74. The lowest BCUT2D eigenvalue weighted by Gasteiger charge is -2.47. The average Bonchev–Trinajstić information content (AvgIpc) is 2.53. The Morgan fingerprint density at radius 2 is 2.11 bits per heavy atom. The fourth-order valence-corrected chi connectivity index (χ4v) is 4.20. The van der Waals surface area contributed by atoms with Crippen LogP contribution in [-0.2, 0) is 26.9 Å². The molecular weight excluding hydrogens is 391 g/mol. The molecule has 3 rings (SSSR count). The normalized spacial score (nSPS) is 25.9. The van der Waals surface area contributed by atoms with Crippen LogP contribution in [-0.4, -0.2) is 49.2 Å². The van der Waals surface area contributed by atoms with Crippen LogP contribution in [0.15, 0.2) is 18.2 Å². The molecule has 0 radical (unpaired) electrons. The fraction of sp³-hybridized carbons (Fsp3) is 0.562. The zero-order valence-corrected chi connectivity index (χ0v) is 15.1. The van der Waals surface area contributed by atoms with Gasteiger partial charge >= 0.3 is 21.7 Å². The first-order chi connectivity index (χ1) is 12.5. The van der Waals surface area contributed by atoms with Crippen LogP contribution in [0.4, 0.5) is 18.0 Å². The minimum atomic E-state index is -5.74. The summed E-state index contributed by atoms with van der Waals surface area (Å²) in [4.78, 5) is 12.6. The number of nitrogens with zero attached hydrogens (tertiary/aromatic N) is 1. The van der Waals surface area contributed by atoms with Gasteiger partial charge in [0, 0.05) is 19.0 Å². The Balaban J connectivity index is 1.89. The highest BCUT2D eigenvalue weighted by molar-refractivity contribution is 7.88. The van der Waals surface area contributed by atoms with E-state index in [1.165, 1.54) is 17.0 Å². The molecule has 1 saturated heterocycles. The van der Waals surface area contributed by atoms with Gasteiger partial charge < -0.3 is 18.9 Å². The van der Waals surface area contributed by atoms with Crippen LogP contribution < -0.4 is 4.18 Å². The molecule has 2 atom stereocenters. The SMILES string of the molecule is C[C@H]1CC2(CCN1C(=O)O)OCCc1cc(OS(=O)(=O)C(F)(F)F)ccc12. The monoisotopic (exact) mass is 409 g/mol. The third kappa shape index (κ3) is 3.57. The van der Waals surface area contributed by atoms with Crippen LogP contribution in [0, 0.1) is 0 Å². The third-order valence-corrected chi connectivity index (χ3v) is 5.94. The van der Waals surface area contributed by atoms with Crippen molar-refractivity contribution in [2.75, 3.05) is 13.2 Å². The van der Waals surface area contributed by atoms with E-state index >= 15 is 0 Å². The number of likely N-dealkylation sites (tertiary alicyclic amines) is 1. The Morgan fingerprint density at radius 3 is 2.70 bits per heavy atom. The molecule has 0 aromatic heterocycles. The zero-order valence-electron chi connectivity index (χ0n) is 14.3. The maximum absolute atomic E-state index is 12.5. The van der Waals surface area contributed by atoms with E-state index in [0.29, 0.717) is 31.4 Å². The maximum Gasteiger partial charge on any atom is 0.534 e. The first-order valence-corrected chi connectivity index (χ1v) is 9.64. The van der Waals surface area contributed by atoms with Gasteiger partial charge in [0.25, 0.3) is 0 Å². The molecule has 2 aliphatic heterocycles. The standard InChI is InChI=1S/C16H18F3NO6S/c1-10-9-15(5-6-20(10)14(21)22)13-3-2-12(8-11(13)4-7-25-15)26-27(23,24)16(17,18)19/h2-3,8,10H,4-7,9H2,1H3,(H,21,22)/t10-,15?/m0/s1. The van der Waals surface area contributed by atoms with E-state index in [1.54, 1.807) is 6.92 Å². The highest BCUT2D eigenvalue weighted by Crippen LogP contribution is 2.44. The second-order valence-corrected chi connectivity index (χ2v) is 8.21. The summed E-state index contributed by atoms with van der Waals surface area (Å²) in [6, 6.07) is 3.63. The molecule has 2 aliphatic rings. The molecule has 150 valence electrons. The molecule has 1 aromatic rings. The van der Waals surface area contributed by atoms with E-state index in [1.807, 2.05) is 0 Å². The Kier molecular flexibility index (Phi) is 4.79. The van der Waals surface area contributed by atoms with Crippen molar-refractivity contribution in [3.8, 4) is 5.75 Å². The topological polar surface area (TPSA) is 93.1 Å².